The molecule has 1 aliphatic heterocycles. The largest absolute Gasteiger partial charge is 0.493 e. The lowest BCUT2D eigenvalue weighted by Crippen LogP contribution is -2.36. The van der Waals surface area contributed by atoms with Gasteiger partial charge in [0.2, 0.25) is 0 Å². The van der Waals surface area contributed by atoms with Gasteiger partial charge in [0.1, 0.15) is 6.61 Å². The van der Waals surface area contributed by atoms with Gasteiger partial charge in [0.15, 0.2) is 11.5 Å². The van der Waals surface area contributed by atoms with E-state index < -0.39 is 0 Å². The van der Waals surface area contributed by atoms with Gasteiger partial charge < -0.3 is 19.1 Å². The van der Waals surface area contributed by atoms with Gasteiger partial charge in [0.05, 0.1) is 36.1 Å². The maximum atomic E-state index is 6.09. The Labute approximate surface area is 212 Å². The molecule has 5 nitrogen and oxygen atoms in total. The van der Waals surface area contributed by atoms with Crippen LogP contribution in [0.2, 0.25) is 10.0 Å². The molecule has 3 aromatic carbocycles. The molecule has 1 saturated heterocycles. The van der Waals surface area contributed by atoms with E-state index in [-0.39, 0.29) is 0 Å². The molecule has 0 N–H and O–H groups in total. The van der Waals surface area contributed by atoms with E-state index in [2.05, 4.69) is 38.0 Å². The Morgan fingerprint density at radius 1 is 1.00 bits per heavy atom. The van der Waals surface area contributed by atoms with E-state index in [0.717, 1.165) is 47.6 Å². The first-order valence-corrected chi connectivity index (χ1v) is 12.0. The van der Waals surface area contributed by atoms with Gasteiger partial charge in [-0.2, -0.15) is 0 Å². The summed E-state index contributed by atoms with van der Waals surface area (Å²) in [5.41, 5.74) is 3.85. The molecule has 0 radical (unpaired) electrons. The molecule has 1 aliphatic rings. The first-order valence-electron chi connectivity index (χ1n) is 10.4. The molecule has 8 heteroatoms. The van der Waals surface area contributed by atoms with Crippen molar-refractivity contribution < 1.29 is 14.2 Å². The van der Waals surface area contributed by atoms with Crippen LogP contribution in [0.15, 0.2) is 64.1 Å². The van der Waals surface area contributed by atoms with Crippen LogP contribution in [0.4, 0.5) is 11.4 Å². The Balaban J connectivity index is 1.45. The lowest BCUT2D eigenvalue weighted by Gasteiger charge is -2.28. The summed E-state index contributed by atoms with van der Waals surface area (Å²) in [6.45, 7) is 3.69. The minimum atomic E-state index is 0.336. The average Bonchev–Trinajstić information content (AvgIpc) is 2.85. The summed E-state index contributed by atoms with van der Waals surface area (Å²) < 4.78 is 17.8. The van der Waals surface area contributed by atoms with Crippen molar-refractivity contribution in [1.29, 1.82) is 0 Å². The fraction of sp³-hybridized carbons (Fsp3) is 0.240. The molecule has 1 heterocycles. The molecule has 0 atom stereocenters. The van der Waals surface area contributed by atoms with Gasteiger partial charge in [-0.3, -0.25) is 4.99 Å². The summed E-state index contributed by atoms with van der Waals surface area (Å²) in [5, 5.41) is 1.01. The number of anilines is 1. The monoisotopic (exact) mass is 548 g/mol. The highest BCUT2D eigenvalue weighted by Gasteiger charge is 2.12. The van der Waals surface area contributed by atoms with Crippen LogP contribution in [-0.4, -0.2) is 39.6 Å². The molecule has 0 amide bonds. The van der Waals surface area contributed by atoms with Crippen LogP contribution >= 0.6 is 39.1 Å². The molecule has 172 valence electrons. The molecular weight excluding hydrogens is 527 g/mol. The lowest BCUT2D eigenvalue weighted by molar-refractivity contribution is 0.122. The molecule has 0 unspecified atom stereocenters. The number of nitrogens with zero attached hydrogens (tertiary/aromatic N) is 2. The zero-order valence-corrected chi connectivity index (χ0v) is 21.2. The third-order valence-electron chi connectivity index (χ3n) is 5.24. The zero-order chi connectivity index (χ0) is 23.2. The molecule has 0 spiro atoms. The van der Waals surface area contributed by atoms with Crippen molar-refractivity contribution in [3.8, 4) is 11.5 Å². The number of hydrogen-bond acceptors (Lipinski definition) is 5. The molecule has 0 aromatic heterocycles. The summed E-state index contributed by atoms with van der Waals surface area (Å²) in [4.78, 5) is 6.93. The Kier molecular flexibility index (Phi) is 8.15. The fourth-order valence-electron chi connectivity index (χ4n) is 3.43. The molecule has 3 aromatic rings. The van der Waals surface area contributed by atoms with Gasteiger partial charge in [0.25, 0.3) is 0 Å². The second-order valence-corrected chi connectivity index (χ2v) is 9.10. The summed E-state index contributed by atoms with van der Waals surface area (Å²) in [6.07, 6.45) is 1.80. The van der Waals surface area contributed by atoms with E-state index in [9.17, 15) is 0 Å². The molecule has 33 heavy (non-hydrogen) atoms. The van der Waals surface area contributed by atoms with Crippen molar-refractivity contribution in [2.24, 2.45) is 4.99 Å². The number of rotatable bonds is 7. The third-order valence-corrected chi connectivity index (χ3v) is 6.67. The van der Waals surface area contributed by atoms with E-state index >= 15 is 0 Å². The van der Waals surface area contributed by atoms with Crippen LogP contribution in [0.5, 0.6) is 11.5 Å². The summed E-state index contributed by atoms with van der Waals surface area (Å²) in [6, 6.07) is 17.4. The quantitative estimate of drug-likeness (QED) is 0.300. The predicted molar refractivity (Wildman–Crippen MR) is 138 cm³/mol. The molecule has 0 saturated carbocycles. The number of aliphatic imine (C=N–C) groups is 1. The molecule has 1 fully saturated rings. The van der Waals surface area contributed by atoms with Gasteiger partial charge in [-0.1, -0.05) is 29.3 Å². The van der Waals surface area contributed by atoms with E-state index in [4.69, 9.17) is 37.4 Å². The van der Waals surface area contributed by atoms with Crippen LogP contribution in [0.1, 0.15) is 11.1 Å². The minimum Gasteiger partial charge on any atom is -0.493 e. The number of ether oxygens (including phenoxy) is 3. The van der Waals surface area contributed by atoms with E-state index in [1.165, 1.54) is 5.69 Å². The number of methoxy groups -OCH3 is 1. The summed E-state index contributed by atoms with van der Waals surface area (Å²) in [7, 11) is 1.61. The SMILES string of the molecule is COc1cc(C=Nc2ccc(N3CCOCC3)cc2)c(Br)cc1OCc1ccc(Cl)c(Cl)c1. The summed E-state index contributed by atoms with van der Waals surface area (Å²) >= 11 is 15.7. The lowest BCUT2D eigenvalue weighted by atomic mass is 10.2. The van der Waals surface area contributed by atoms with Gasteiger partial charge >= 0.3 is 0 Å². The van der Waals surface area contributed by atoms with Gasteiger partial charge in [-0.05, 0) is 70.0 Å². The first kappa shape index (κ1) is 23.9. The summed E-state index contributed by atoms with van der Waals surface area (Å²) in [5.74, 6) is 1.23. The van der Waals surface area contributed by atoms with Crippen molar-refractivity contribution in [1.82, 2.24) is 0 Å². The Hall–Kier alpha value is -2.25. The number of benzene rings is 3. The Morgan fingerprint density at radius 2 is 1.76 bits per heavy atom. The highest BCUT2D eigenvalue weighted by Crippen LogP contribution is 2.34. The van der Waals surface area contributed by atoms with Crippen LogP contribution < -0.4 is 14.4 Å². The van der Waals surface area contributed by atoms with Gasteiger partial charge in [-0.15, -0.1) is 0 Å². The smallest absolute Gasteiger partial charge is 0.162 e. The third kappa shape index (κ3) is 6.21. The maximum Gasteiger partial charge on any atom is 0.162 e. The number of hydrogen-bond donors (Lipinski definition) is 0. The first-order chi connectivity index (χ1) is 16.0. The Bertz CT molecular complexity index is 1130. The zero-order valence-electron chi connectivity index (χ0n) is 18.1. The van der Waals surface area contributed by atoms with Gasteiger partial charge in [-0.25, -0.2) is 0 Å². The van der Waals surface area contributed by atoms with Crippen LogP contribution in [0.25, 0.3) is 0 Å². The standard InChI is InChI=1S/C25H23BrCl2N2O3/c1-31-24-13-18(15-29-19-3-5-20(6-4-19)30-8-10-32-11-9-30)21(26)14-25(24)33-16-17-2-7-22(27)23(28)12-17/h2-7,12-15H,8-11,16H2,1H3. The number of morpholine rings is 1. The average molecular weight is 550 g/mol. The van der Waals surface area contributed by atoms with E-state index in [1.807, 2.05) is 30.3 Å². The molecule has 0 bridgehead atoms. The number of halogens is 3. The van der Waals surface area contributed by atoms with Crippen LogP contribution in [-0.2, 0) is 11.3 Å². The highest BCUT2D eigenvalue weighted by molar-refractivity contribution is 9.10. The van der Waals surface area contributed by atoms with Crippen molar-refractivity contribution in [3.63, 3.8) is 0 Å². The van der Waals surface area contributed by atoms with Crippen LogP contribution in [0, 0.1) is 0 Å². The van der Waals surface area contributed by atoms with E-state index in [0.29, 0.717) is 28.2 Å². The van der Waals surface area contributed by atoms with Crippen molar-refractivity contribution >= 4 is 56.7 Å². The molecule has 4 rings (SSSR count). The van der Waals surface area contributed by atoms with E-state index in [1.54, 1.807) is 25.5 Å². The van der Waals surface area contributed by atoms with Gasteiger partial charge in [0, 0.05) is 35.0 Å². The normalized spacial score (nSPS) is 14.0. The molecular formula is C25H23BrCl2N2O3. The Morgan fingerprint density at radius 3 is 2.45 bits per heavy atom. The predicted octanol–water partition coefficient (Wildman–Crippen LogP) is 6.93. The second-order valence-electron chi connectivity index (χ2n) is 7.44. The highest BCUT2D eigenvalue weighted by atomic mass is 79.9. The molecule has 0 aliphatic carbocycles. The minimum absolute atomic E-state index is 0.336. The van der Waals surface area contributed by atoms with Crippen molar-refractivity contribution in [3.05, 3.63) is 80.2 Å². The topological polar surface area (TPSA) is 43.3 Å². The fourth-order valence-corrected chi connectivity index (χ4v) is 4.17. The van der Waals surface area contributed by atoms with Crippen LogP contribution in [0.3, 0.4) is 0 Å². The maximum absolute atomic E-state index is 6.09. The van der Waals surface area contributed by atoms with Crippen molar-refractivity contribution in [2.45, 2.75) is 6.61 Å². The second kappa shape index (κ2) is 11.3. The van der Waals surface area contributed by atoms with Crippen molar-refractivity contribution in [2.75, 3.05) is 38.3 Å².